The zero-order valence-corrected chi connectivity index (χ0v) is 16.2. The van der Waals surface area contributed by atoms with Crippen molar-refractivity contribution in [1.82, 2.24) is 19.9 Å². The Kier molecular flexibility index (Phi) is 5.30. The largest absolute Gasteiger partial charge is 0.504 e. The second-order valence-electron chi connectivity index (χ2n) is 6.27. The summed E-state index contributed by atoms with van der Waals surface area (Å²) >= 11 is 0. The zero-order chi connectivity index (χ0) is 21.8. The van der Waals surface area contributed by atoms with Gasteiger partial charge in [0.1, 0.15) is 29.4 Å². The lowest BCUT2D eigenvalue weighted by atomic mass is 10.2. The molecule has 0 spiro atoms. The van der Waals surface area contributed by atoms with Crippen LogP contribution in [0.25, 0.3) is 11.0 Å². The first-order valence-corrected chi connectivity index (χ1v) is 8.96. The molecule has 2 aromatic heterocycles. The van der Waals surface area contributed by atoms with E-state index in [2.05, 4.69) is 35.8 Å². The first-order chi connectivity index (χ1) is 15.0. The van der Waals surface area contributed by atoms with E-state index in [4.69, 9.17) is 4.74 Å². The molecular formula is C20H17N7O4. The van der Waals surface area contributed by atoms with Gasteiger partial charge >= 0.3 is 0 Å². The molecule has 0 radical (unpaired) electrons. The van der Waals surface area contributed by atoms with Crippen molar-refractivity contribution in [2.75, 3.05) is 17.9 Å². The predicted molar refractivity (Wildman–Crippen MR) is 114 cm³/mol. The molecule has 31 heavy (non-hydrogen) atoms. The monoisotopic (exact) mass is 419 g/mol. The summed E-state index contributed by atoms with van der Waals surface area (Å²) in [5, 5.41) is 35.8. The van der Waals surface area contributed by atoms with Crippen LogP contribution in [0.1, 0.15) is 5.56 Å². The average Bonchev–Trinajstić information content (AvgIpc) is 2.78. The van der Waals surface area contributed by atoms with Crippen molar-refractivity contribution >= 4 is 34.6 Å². The fourth-order valence-corrected chi connectivity index (χ4v) is 2.73. The van der Waals surface area contributed by atoms with Crippen molar-refractivity contribution in [3.8, 4) is 23.0 Å². The van der Waals surface area contributed by atoms with Crippen LogP contribution in [0.5, 0.6) is 23.0 Å². The van der Waals surface area contributed by atoms with E-state index in [0.29, 0.717) is 28.2 Å². The fourth-order valence-electron chi connectivity index (χ4n) is 2.73. The first kappa shape index (κ1) is 19.6. The molecule has 0 atom stereocenters. The number of methoxy groups -OCH3 is 1. The number of phenolic OH excluding ortho intramolecular Hbond substituents is 3. The number of nitrogens with one attached hydrogen (secondary N) is 2. The Hall–Kier alpha value is -4.67. The molecule has 0 saturated carbocycles. The van der Waals surface area contributed by atoms with Gasteiger partial charge in [-0.1, -0.05) is 0 Å². The number of anilines is 3. The maximum atomic E-state index is 9.58. The molecule has 156 valence electrons. The summed E-state index contributed by atoms with van der Waals surface area (Å²) in [7, 11) is 1.60. The van der Waals surface area contributed by atoms with Crippen molar-refractivity contribution in [3.63, 3.8) is 0 Å². The number of rotatable bonds is 6. The maximum Gasteiger partial charge on any atom is 0.200 e. The molecule has 0 aliphatic carbocycles. The number of ether oxygens (including phenoxy) is 1. The van der Waals surface area contributed by atoms with Crippen LogP contribution in [-0.4, -0.2) is 48.6 Å². The number of fused-ring (bicyclic) bond motifs is 1. The number of nitrogens with zero attached hydrogens (tertiary/aromatic N) is 5. The molecule has 0 saturated heterocycles. The van der Waals surface area contributed by atoms with Crippen LogP contribution >= 0.6 is 0 Å². The molecule has 11 heteroatoms. The van der Waals surface area contributed by atoms with Crippen molar-refractivity contribution in [2.45, 2.75) is 0 Å². The predicted octanol–water partition coefficient (Wildman–Crippen LogP) is 2.73. The number of benzene rings is 2. The van der Waals surface area contributed by atoms with Crippen LogP contribution in [0.15, 0.2) is 54.2 Å². The van der Waals surface area contributed by atoms with Crippen LogP contribution in [0.2, 0.25) is 0 Å². The third-order valence-corrected chi connectivity index (χ3v) is 4.25. The van der Waals surface area contributed by atoms with Gasteiger partial charge in [-0.25, -0.2) is 19.9 Å². The number of hydrazone groups is 1. The zero-order valence-electron chi connectivity index (χ0n) is 16.2. The summed E-state index contributed by atoms with van der Waals surface area (Å²) in [5.41, 5.74) is 4.81. The highest BCUT2D eigenvalue weighted by molar-refractivity contribution is 5.93. The standard InChI is InChI=1S/C20H17N7O4/c1-31-13-4-2-12(3-5-13)26-19-16-17(22-9-23-19)20(24-10-21-16)27-25-8-11-6-14(28)18(30)15(29)7-11/h2-10,28-30H,1H3,(H,21,24,27)(H,22,23,26)/b25-8+. The molecule has 4 rings (SSSR count). The molecule has 0 fully saturated rings. The molecular weight excluding hydrogens is 402 g/mol. The normalized spacial score (nSPS) is 11.0. The lowest BCUT2D eigenvalue weighted by Gasteiger charge is -2.09. The van der Waals surface area contributed by atoms with Gasteiger partial charge in [0.15, 0.2) is 28.9 Å². The third kappa shape index (κ3) is 4.19. The molecule has 5 N–H and O–H groups in total. The van der Waals surface area contributed by atoms with Gasteiger partial charge in [-0.15, -0.1) is 0 Å². The lowest BCUT2D eigenvalue weighted by Crippen LogP contribution is -2.02. The van der Waals surface area contributed by atoms with Crippen LogP contribution in [0.3, 0.4) is 0 Å². The molecule has 11 nitrogen and oxygen atoms in total. The Morgan fingerprint density at radius 1 is 0.871 bits per heavy atom. The van der Waals surface area contributed by atoms with E-state index in [1.54, 1.807) is 7.11 Å². The van der Waals surface area contributed by atoms with Gasteiger partial charge in [0.2, 0.25) is 0 Å². The van der Waals surface area contributed by atoms with E-state index >= 15 is 0 Å². The number of hydrogen-bond acceptors (Lipinski definition) is 11. The summed E-state index contributed by atoms with van der Waals surface area (Å²) in [6.07, 6.45) is 4.06. The highest BCUT2D eigenvalue weighted by Crippen LogP contribution is 2.34. The topological polar surface area (TPSA) is 158 Å². The second-order valence-corrected chi connectivity index (χ2v) is 6.27. The van der Waals surface area contributed by atoms with Gasteiger partial charge in [-0.05, 0) is 36.4 Å². The molecule has 0 aliphatic heterocycles. The summed E-state index contributed by atoms with van der Waals surface area (Å²) in [6.45, 7) is 0. The van der Waals surface area contributed by atoms with Crippen LogP contribution < -0.4 is 15.5 Å². The Morgan fingerprint density at radius 2 is 1.48 bits per heavy atom. The Labute approximate surface area is 175 Å². The number of aromatic nitrogens is 4. The summed E-state index contributed by atoms with van der Waals surface area (Å²) < 4.78 is 5.16. The molecule has 4 aromatic rings. The van der Waals surface area contributed by atoms with E-state index in [0.717, 1.165) is 11.4 Å². The quantitative estimate of drug-likeness (QED) is 0.179. The van der Waals surface area contributed by atoms with E-state index in [1.807, 2.05) is 24.3 Å². The number of phenols is 3. The summed E-state index contributed by atoms with van der Waals surface area (Å²) in [4.78, 5) is 16.9. The third-order valence-electron chi connectivity index (χ3n) is 4.25. The smallest absolute Gasteiger partial charge is 0.200 e. The summed E-state index contributed by atoms with van der Waals surface area (Å²) in [5.74, 6) is 0.0269. The van der Waals surface area contributed by atoms with E-state index in [1.165, 1.54) is 31.0 Å². The minimum Gasteiger partial charge on any atom is -0.504 e. The van der Waals surface area contributed by atoms with Crippen LogP contribution in [0, 0.1) is 0 Å². The highest BCUT2D eigenvalue weighted by Gasteiger charge is 2.11. The SMILES string of the molecule is COc1ccc(Nc2ncnc3c(N/N=C/c4cc(O)c(O)c(O)c4)ncnc23)cc1. The van der Waals surface area contributed by atoms with Crippen molar-refractivity contribution in [1.29, 1.82) is 0 Å². The Morgan fingerprint density at radius 3 is 2.13 bits per heavy atom. The van der Waals surface area contributed by atoms with Gasteiger partial charge in [0.05, 0.1) is 13.3 Å². The summed E-state index contributed by atoms with van der Waals surface area (Å²) in [6, 6.07) is 9.83. The van der Waals surface area contributed by atoms with Crippen molar-refractivity contribution in [3.05, 3.63) is 54.6 Å². The molecule has 2 heterocycles. The van der Waals surface area contributed by atoms with E-state index < -0.39 is 17.2 Å². The average molecular weight is 419 g/mol. The maximum absolute atomic E-state index is 9.58. The number of aromatic hydroxyl groups is 3. The minimum atomic E-state index is -0.597. The van der Waals surface area contributed by atoms with Crippen LogP contribution in [-0.2, 0) is 0 Å². The second kappa shape index (κ2) is 8.37. The van der Waals surface area contributed by atoms with Crippen molar-refractivity contribution in [2.24, 2.45) is 5.10 Å². The van der Waals surface area contributed by atoms with Gasteiger partial charge in [0, 0.05) is 11.3 Å². The van der Waals surface area contributed by atoms with Gasteiger partial charge in [-0.3, -0.25) is 5.43 Å². The Balaban J connectivity index is 1.58. The molecule has 0 amide bonds. The molecule has 0 bridgehead atoms. The van der Waals surface area contributed by atoms with E-state index in [9.17, 15) is 15.3 Å². The van der Waals surface area contributed by atoms with Crippen LogP contribution in [0.4, 0.5) is 17.3 Å². The number of hydrogen-bond donors (Lipinski definition) is 5. The molecule has 2 aromatic carbocycles. The van der Waals surface area contributed by atoms with E-state index in [-0.39, 0.29) is 0 Å². The highest BCUT2D eigenvalue weighted by atomic mass is 16.5. The van der Waals surface area contributed by atoms with Gasteiger partial charge < -0.3 is 25.4 Å². The van der Waals surface area contributed by atoms with Gasteiger partial charge in [0.25, 0.3) is 0 Å². The van der Waals surface area contributed by atoms with Gasteiger partial charge in [-0.2, -0.15) is 5.10 Å². The molecule has 0 unspecified atom stereocenters. The lowest BCUT2D eigenvalue weighted by molar-refractivity contribution is 0.368. The van der Waals surface area contributed by atoms with Crippen molar-refractivity contribution < 1.29 is 20.1 Å². The molecule has 0 aliphatic rings. The first-order valence-electron chi connectivity index (χ1n) is 8.96. The fraction of sp³-hybridized carbons (Fsp3) is 0.0500. The minimum absolute atomic E-state index is 0.327. The Bertz CT molecular complexity index is 1240.